The minimum absolute atomic E-state index is 0.138. The van der Waals surface area contributed by atoms with Gasteiger partial charge in [-0.3, -0.25) is 0 Å². The van der Waals surface area contributed by atoms with E-state index in [1.165, 1.54) is 5.56 Å². The fourth-order valence-corrected chi connectivity index (χ4v) is 1.83. The first-order valence-corrected chi connectivity index (χ1v) is 7.05. The molecule has 0 bridgehead atoms. The smallest absolute Gasteiger partial charge is 0.319 e. The lowest BCUT2D eigenvalue weighted by atomic mass is 10.1. The molecule has 0 spiro atoms. The number of nitrogens with one attached hydrogen (secondary N) is 3. The van der Waals surface area contributed by atoms with Gasteiger partial charge in [0.1, 0.15) is 0 Å². The van der Waals surface area contributed by atoms with Crippen molar-refractivity contribution >= 4 is 11.7 Å². The molecule has 0 saturated heterocycles. The van der Waals surface area contributed by atoms with Crippen LogP contribution in [0.5, 0.6) is 0 Å². The van der Waals surface area contributed by atoms with Crippen molar-refractivity contribution in [1.82, 2.24) is 10.6 Å². The van der Waals surface area contributed by atoms with Gasteiger partial charge in [-0.2, -0.15) is 0 Å². The third-order valence-electron chi connectivity index (χ3n) is 2.99. The van der Waals surface area contributed by atoms with Crippen molar-refractivity contribution < 1.29 is 4.79 Å². The summed E-state index contributed by atoms with van der Waals surface area (Å²) in [5.41, 5.74) is 2.04. The monoisotopic (exact) mass is 263 g/mol. The van der Waals surface area contributed by atoms with E-state index in [0.717, 1.165) is 31.6 Å². The molecule has 0 aliphatic heterocycles. The highest BCUT2D eigenvalue weighted by molar-refractivity contribution is 5.89. The molecule has 0 heterocycles. The second kappa shape index (κ2) is 8.53. The number of carbonyl (C=O) groups excluding carboxylic acids is 1. The highest BCUT2D eigenvalue weighted by Gasteiger charge is 2.04. The number of anilines is 1. The quantitative estimate of drug-likeness (QED) is 0.661. The van der Waals surface area contributed by atoms with Crippen LogP contribution in [-0.4, -0.2) is 19.1 Å². The summed E-state index contributed by atoms with van der Waals surface area (Å²) >= 11 is 0. The number of hydrogen-bond acceptors (Lipinski definition) is 2. The molecule has 1 rings (SSSR count). The Bertz CT molecular complexity index is 375. The van der Waals surface area contributed by atoms with Crippen LogP contribution in [0.1, 0.15) is 45.2 Å². The Labute approximate surface area is 116 Å². The summed E-state index contributed by atoms with van der Waals surface area (Å²) in [5, 5.41) is 9.01. The Hall–Kier alpha value is -1.55. The fraction of sp³-hybridized carbons (Fsp3) is 0.533. The Balaban J connectivity index is 2.45. The normalized spacial score (nSPS) is 11.9. The van der Waals surface area contributed by atoms with Crippen LogP contribution in [0.2, 0.25) is 0 Å². The first-order chi connectivity index (χ1) is 9.17. The summed E-state index contributed by atoms with van der Waals surface area (Å²) in [4.78, 5) is 11.6. The molecule has 4 nitrogen and oxygen atoms in total. The van der Waals surface area contributed by atoms with Crippen molar-refractivity contribution in [2.75, 3.05) is 18.4 Å². The lowest BCUT2D eigenvalue weighted by Gasteiger charge is -2.13. The number of amides is 2. The topological polar surface area (TPSA) is 53.2 Å². The Morgan fingerprint density at radius 3 is 2.47 bits per heavy atom. The van der Waals surface area contributed by atoms with Crippen LogP contribution < -0.4 is 16.0 Å². The molecule has 1 unspecified atom stereocenters. The van der Waals surface area contributed by atoms with Gasteiger partial charge in [0, 0.05) is 18.3 Å². The van der Waals surface area contributed by atoms with Gasteiger partial charge in [0.2, 0.25) is 0 Å². The minimum Gasteiger partial charge on any atom is -0.338 e. The maximum Gasteiger partial charge on any atom is 0.319 e. The zero-order valence-electron chi connectivity index (χ0n) is 12.1. The van der Waals surface area contributed by atoms with E-state index in [2.05, 4.69) is 36.7 Å². The van der Waals surface area contributed by atoms with E-state index < -0.39 is 0 Å². The van der Waals surface area contributed by atoms with Crippen molar-refractivity contribution in [2.24, 2.45) is 0 Å². The van der Waals surface area contributed by atoms with Crippen LogP contribution in [0.25, 0.3) is 0 Å². The molecule has 0 radical (unpaired) electrons. The van der Waals surface area contributed by atoms with Crippen LogP contribution in [0.15, 0.2) is 24.3 Å². The molecule has 0 aromatic heterocycles. The van der Waals surface area contributed by atoms with Crippen LogP contribution >= 0.6 is 0 Å². The van der Waals surface area contributed by atoms with E-state index in [1.807, 2.05) is 24.3 Å². The van der Waals surface area contributed by atoms with Gasteiger partial charge in [-0.05, 0) is 37.6 Å². The molecule has 0 aliphatic carbocycles. The third kappa shape index (κ3) is 5.75. The van der Waals surface area contributed by atoms with E-state index in [1.54, 1.807) is 0 Å². The molecule has 2 amide bonds. The first-order valence-electron chi connectivity index (χ1n) is 7.05. The zero-order valence-corrected chi connectivity index (χ0v) is 12.1. The predicted octanol–water partition coefficient (Wildman–Crippen LogP) is 3.28. The molecule has 19 heavy (non-hydrogen) atoms. The SMILES string of the molecule is CCCCNC(=O)Nc1ccc(C(C)NCC)cc1. The van der Waals surface area contributed by atoms with Gasteiger partial charge in [-0.25, -0.2) is 4.79 Å². The molecule has 0 fully saturated rings. The molecular formula is C15H25N3O. The Morgan fingerprint density at radius 2 is 1.89 bits per heavy atom. The molecule has 1 atom stereocenters. The number of rotatable bonds is 7. The lowest BCUT2D eigenvalue weighted by Crippen LogP contribution is -2.29. The molecule has 4 heteroatoms. The molecule has 1 aromatic carbocycles. The van der Waals surface area contributed by atoms with Gasteiger partial charge in [-0.1, -0.05) is 32.4 Å². The molecule has 106 valence electrons. The van der Waals surface area contributed by atoms with Gasteiger partial charge in [0.05, 0.1) is 0 Å². The lowest BCUT2D eigenvalue weighted by molar-refractivity contribution is 0.252. The van der Waals surface area contributed by atoms with Crippen LogP contribution in [0.4, 0.5) is 10.5 Å². The van der Waals surface area contributed by atoms with Crippen molar-refractivity contribution in [3.8, 4) is 0 Å². The molecular weight excluding hydrogens is 238 g/mol. The second-order valence-electron chi connectivity index (χ2n) is 4.64. The van der Waals surface area contributed by atoms with E-state index in [4.69, 9.17) is 0 Å². The van der Waals surface area contributed by atoms with E-state index >= 15 is 0 Å². The maximum absolute atomic E-state index is 11.6. The predicted molar refractivity (Wildman–Crippen MR) is 80.5 cm³/mol. The van der Waals surface area contributed by atoms with Gasteiger partial charge >= 0.3 is 6.03 Å². The second-order valence-corrected chi connectivity index (χ2v) is 4.64. The summed E-state index contributed by atoms with van der Waals surface area (Å²) in [6.45, 7) is 7.99. The summed E-state index contributed by atoms with van der Waals surface area (Å²) in [6, 6.07) is 8.13. The first kappa shape index (κ1) is 15.5. The number of hydrogen-bond donors (Lipinski definition) is 3. The number of carbonyl (C=O) groups is 1. The third-order valence-corrected chi connectivity index (χ3v) is 2.99. The summed E-state index contributed by atoms with van der Waals surface area (Å²) in [7, 11) is 0. The Morgan fingerprint density at radius 1 is 1.21 bits per heavy atom. The van der Waals surface area contributed by atoms with Gasteiger partial charge < -0.3 is 16.0 Å². The van der Waals surface area contributed by atoms with Crippen molar-refractivity contribution in [3.05, 3.63) is 29.8 Å². The molecule has 0 aliphatic rings. The molecule has 1 aromatic rings. The summed E-state index contributed by atoms with van der Waals surface area (Å²) < 4.78 is 0. The van der Waals surface area contributed by atoms with Crippen LogP contribution in [-0.2, 0) is 0 Å². The minimum atomic E-state index is -0.138. The zero-order chi connectivity index (χ0) is 14.1. The van der Waals surface area contributed by atoms with Crippen molar-refractivity contribution in [3.63, 3.8) is 0 Å². The van der Waals surface area contributed by atoms with Gasteiger partial charge in [0.15, 0.2) is 0 Å². The van der Waals surface area contributed by atoms with Crippen molar-refractivity contribution in [2.45, 2.75) is 39.7 Å². The van der Waals surface area contributed by atoms with Crippen LogP contribution in [0.3, 0.4) is 0 Å². The summed E-state index contributed by atoms with van der Waals surface area (Å²) in [5.74, 6) is 0. The van der Waals surface area contributed by atoms with Gasteiger partial charge in [-0.15, -0.1) is 0 Å². The average molecular weight is 263 g/mol. The van der Waals surface area contributed by atoms with Crippen LogP contribution in [0, 0.1) is 0 Å². The molecule has 3 N–H and O–H groups in total. The Kier molecular flexibility index (Phi) is 6.97. The van der Waals surface area contributed by atoms with Crippen molar-refractivity contribution in [1.29, 1.82) is 0 Å². The van der Waals surface area contributed by atoms with Gasteiger partial charge in [0.25, 0.3) is 0 Å². The fourth-order valence-electron chi connectivity index (χ4n) is 1.83. The average Bonchev–Trinajstić information content (AvgIpc) is 2.40. The number of benzene rings is 1. The highest BCUT2D eigenvalue weighted by atomic mass is 16.2. The van der Waals surface area contributed by atoms with E-state index in [0.29, 0.717) is 6.04 Å². The maximum atomic E-state index is 11.6. The standard InChI is InChI=1S/C15H25N3O/c1-4-6-11-17-15(19)18-14-9-7-13(8-10-14)12(3)16-5-2/h7-10,12,16H,4-6,11H2,1-3H3,(H2,17,18,19). The van der Waals surface area contributed by atoms with E-state index in [9.17, 15) is 4.79 Å². The number of urea groups is 1. The largest absolute Gasteiger partial charge is 0.338 e. The van der Waals surface area contributed by atoms with E-state index in [-0.39, 0.29) is 6.03 Å². The summed E-state index contributed by atoms with van der Waals surface area (Å²) in [6.07, 6.45) is 2.09. The highest BCUT2D eigenvalue weighted by Crippen LogP contribution is 2.15. The number of unbranched alkanes of at least 4 members (excludes halogenated alkanes) is 1. The molecule has 0 saturated carbocycles.